The number of piperazine rings is 1. The Balaban J connectivity index is 0.00000242. The number of anilines is 1. The van der Waals surface area contributed by atoms with Crippen LogP contribution >= 0.6 is 24.0 Å². The normalized spacial score (nSPS) is 15.5. The lowest BCUT2D eigenvalue weighted by atomic mass is 10.3. The number of nitrogens with one attached hydrogen (secondary N) is 1. The first kappa shape index (κ1) is 18.9. The maximum atomic E-state index is 5.33. The van der Waals surface area contributed by atoms with Crippen molar-refractivity contribution in [1.82, 2.24) is 20.2 Å². The predicted octanol–water partition coefficient (Wildman–Crippen LogP) is 0.828. The van der Waals surface area contributed by atoms with Crippen molar-refractivity contribution in [3.8, 4) is 0 Å². The van der Waals surface area contributed by atoms with Gasteiger partial charge in [-0.2, -0.15) is 0 Å². The molecule has 0 unspecified atom stereocenters. The van der Waals surface area contributed by atoms with E-state index in [0.29, 0.717) is 6.61 Å². The van der Waals surface area contributed by atoms with E-state index in [0.717, 1.165) is 51.2 Å². The van der Waals surface area contributed by atoms with Gasteiger partial charge < -0.3 is 19.9 Å². The van der Waals surface area contributed by atoms with E-state index in [1.165, 1.54) is 0 Å². The largest absolute Gasteiger partial charge is 0.380 e. The number of halogens is 1. The van der Waals surface area contributed by atoms with Crippen molar-refractivity contribution in [1.29, 1.82) is 0 Å². The van der Waals surface area contributed by atoms with Crippen molar-refractivity contribution in [2.45, 2.75) is 6.92 Å². The fourth-order valence-corrected chi connectivity index (χ4v) is 2.28. The highest BCUT2D eigenvalue weighted by Gasteiger charge is 2.20. The molecule has 8 heteroatoms. The van der Waals surface area contributed by atoms with E-state index in [4.69, 9.17) is 4.74 Å². The Morgan fingerprint density at radius 2 is 1.95 bits per heavy atom. The van der Waals surface area contributed by atoms with Gasteiger partial charge in [-0.25, -0.2) is 9.97 Å². The molecule has 2 rings (SSSR count). The van der Waals surface area contributed by atoms with Gasteiger partial charge in [0.15, 0.2) is 5.96 Å². The third kappa shape index (κ3) is 5.56. The van der Waals surface area contributed by atoms with Crippen molar-refractivity contribution in [3.63, 3.8) is 0 Å². The first-order valence-corrected chi connectivity index (χ1v) is 7.40. The summed E-state index contributed by atoms with van der Waals surface area (Å²) in [4.78, 5) is 17.4. The zero-order valence-corrected chi connectivity index (χ0v) is 15.6. The fourth-order valence-electron chi connectivity index (χ4n) is 2.28. The molecule has 1 saturated heterocycles. The minimum atomic E-state index is 0. The molecule has 0 saturated carbocycles. The summed E-state index contributed by atoms with van der Waals surface area (Å²) < 4.78 is 5.33. The second kappa shape index (κ2) is 10.5. The van der Waals surface area contributed by atoms with E-state index in [1.807, 2.05) is 20.0 Å². The second-order valence-corrected chi connectivity index (χ2v) is 4.69. The monoisotopic (exact) mass is 420 g/mol. The highest BCUT2D eigenvalue weighted by molar-refractivity contribution is 14.0. The van der Waals surface area contributed by atoms with E-state index in [1.54, 1.807) is 12.4 Å². The molecule has 1 aromatic heterocycles. The third-order valence-corrected chi connectivity index (χ3v) is 3.36. The SMILES string of the molecule is CCOCCNC(=NC)N1CCN(c2ncccn2)CC1.I. The van der Waals surface area contributed by atoms with Crippen LogP contribution in [0, 0.1) is 0 Å². The lowest BCUT2D eigenvalue weighted by Crippen LogP contribution is -2.53. The summed E-state index contributed by atoms with van der Waals surface area (Å²) in [5.74, 6) is 1.74. The van der Waals surface area contributed by atoms with E-state index in [2.05, 4.69) is 30.1 Å². The Bertz CT molecular complexity index is 436. The average Bonchev–Trinajstić information content (AvgIpc) is 2.56. The highest BCUT2D eigenvalue weighted by Crippen LogP contribution is 2.09. The van der Waals surface area contributed by atoms with Crippen LogP contribution in [0.2, 0.25) is 0 Å². The van der Waals surface area contributed by atoms with Gasteiger partial charge in [0.1, 0.15) is 0 Å². The molecule has 0 spiro atoms. The van der Waals surface area contributed by atoms with Crippen LogP contribution in [0.3, 0.4) is 0 Å². The number of guanidine groups is 1. The highest BCUT2D eigenvalue weighted by atomic mass is 127. The number of aromatic nitrogens is 2. The summed E-state index contributed by atoms with van der Waals surface area (Å²) in [6.07, 6.45) is 3.56. The van der Waals surface area contributed by atoms with Crippen LogP contribution in [0.5, 0.6) is 0 Å². The molecule has 7 nitrogen and oxygen atoms in total. The van der Waals surface area contributed by atoms with Crippen molar-refractivity contribution < 1.29 is 4.74 Å². The maximum Gasteiger partial charge on any atom is 0.225 e. The van der Waals surface area contributed by atoms with Gasteiger partial charge in [0, 0.05) is 58.8 Å². The maximum absolute atomic E-state index is 5.33. The molecule has 22 heavy (non-hydrogen) atoms. The first-order valence-electron chi connectivity index (χ1n) is 7.40. The van der Waals surface area contributed by atoms with E-state index < -0.39 is 0 Å². The molecule has 124 valence electrons. The Morgan fingerprint density at radius 1 is 1.27 bits per heavy atom. The van der Waals surface area contributed by atoms with Gasteiger partial charge in [-0.05, 0) is 13.0 Å². The lowest BCUT2D eigenvalue weighted by Gasteiger charge is -2.36. The van der Waals surface area contributed by atoms with Gasteiger partial charge in [0.2, 0.25) is 5.95 Å². The molecule has 0 atom stereocenters. The van der Waals surface area contributed by atoms with Gasteiger partial charge >= 0.3 is 0 Å². The van der Waals surface area contributed by atoms with E-state index in [-0.39, 0.29) is 24.0 Å². The van der Waals surface area contributed by atoms with Gasteiger partial charge in [-0.15, -0.1) is 24.0 Å². The van der Waals surface area contributed by atoms with Crippen molar-refractivity contribution in [2.24, 2.45) is 4.99 Å². The first-order chi connectivity index (χ1) is 10.3. The Labute approximate surface area is 149 Å². The van der Waals surface area contributed by atoms with E-state index >= 15 is 0 Å². The fraction of sp³-hybridized carbons (Fsp3) is 0.643. The number of rotatable bonds is 5. The van der Waals surface area contributed by atoms with E-state index in [9.17, 15) is 0 Å². The Hall–Kier alpha value is -1.16. The molecular weight excluding hydrogens is 395 g/mol. The summed E-state index contributed by atoms with van der Waals surface area (Å²) in [6.45, 7) is 7.84. The quantitative estimate of drug-likeness (QED) is 0.330. The molecule has 1 aliphatic heterocycles. The molecule has 0 aromatic carbocycles. The van der Waals surface area contributed by atoms with Gasteiger partial charge in [0.25, 0.3) is 0 Å². The zero-order chi connectivity index (χ0) is 14.9. The number of aliphatic imine (C=N–C) groups is 1. The van der Waals surface area contributed by atoms with Gasteiger partial charge in [-0.3, -0.25) is 4.99 Å². The number of ether oxygens (including phenoxy) is 1. The van der Waals surface area contributed by atoms with Crippen LogP contribution in [0.1, 0.15) is 6.92 Å². The third-order valence-electron chi connectivity index (χ3n) is 3.36. The van der Waals surface area contributed by atoms with Crippen LogP contribution in [0.25, 0.3) is 0 Å². The minimum Gasteiger partial charge on any atom is -0.380 e. The van der Waals surface area contributed by atoms with Crippen LogP contribution < -0.4 is 10.2 Å². The molecule has 0 aliphatic carbocycles. The average molecular weight is 420 g/mol. The minimum absolute atomic E-state index is 0. The zero-order valence-electron chi connectivity index (χ0n) is 13.2. The molecule has 1 fully saturated rings. The van der Waals surface area contributed by atoms with Crippen LogP contribution in [-0.4, -0.2) is 73.8 Å². The van der Waals surface area contributed by atoms with Crippen LogP contribution in [-0.2, 0) is 4.74 Å². The van der Waals surface area contributed by atoms with Crippen molar-refractivity contribution in [2.75, 3.05) is 57.9 Å². The van der Waals surface area contributed by atoms with Gasteiger partial charge in [0.05, 0.1) is 6.61 Å². The number of hydrogen-bond donors (Lipinski definition) is 1. The van der Waals surface area contributed by atoms with Crippen LogP contribution in [0.15, 0.2) is 23.5 Å². The summed E-state index contributed by atoms with van der Waals surface area (Å²) >= 11 is 0. The number of hydrogen-bond acceptors (Lipinski definition) is 5. The molecule has 2 heterocycles. The summed E-state index contributed by atoms with van der Waals surface area (Å²) in [5, 5.41) is 3.33. The smallest absolute Gasteiger partial charge is 0.225 e. The van der Waals surface area contributed by atoms with Gasteiger partial charge in [-0.1, -0.05) is 0 Å². The Morgan fingerprint density at radius 3 is 2.55 bits per heavy atom. The van der Waals surface area contributed by atoms with Crippen molar-refractivity contribution >= 4 is 35.9 Å². The predicted molar refractivity (Wildman–Crippen MR) is 99.1 cm³/mol. The molecular formula is C14H25IN6O. The molecule has 1 N–H and O–H groups in total. The number of nitrogens with zero attached hydrogens (tertiary/aromatic N) is 5. The molecule has 0 amide bonds. The van der Waals surface area contributed by atoms with Crippen LogP contribution in [0.4, 0.5) is 5.95 Å². The standard InChI is InChI=1S/C14H24N6O.HI/c1-3-21-12-7-18-13(15-2)19-8-10-20(11-9-19)14-16-5-4-6-17-14;/h4-6H,3,7-12H2,1-2H3,(H,15,18);1H. The summed E-state index contributed by atoms with van der Waals surface area (Å²) in [7, 11) is 1.82. The molecule has 0 bridgehead atoms. The molecule has 1 aliphatic rings. The summed E-state index contributed by atoms with van der Waals surface area (Å²) in [6, 6.07) is 1.84. The molecule has 0 radical (unpaired) electrons. The van der Waals surface area contributed by atoms with Crippen molar-refractivity contribution in [3.05, 3.63) is 18.5 Å². The lowest BCUT2D eigenvalue weighted by molar-refractivity contribution is 0.151. The topological polar surface area (TPSA) is 65.9 Å². The Kier molecular flexibility index (Phi) is 9.05. The second-order valence-electron chi connectivity index (χ2n) is 4.69. The molecule has 1 aromatic rings. The summed E-state index contributed by atoms with van der Waals surface area (Å²) in [5.41, 5.74) is 0.